The number of nitriles is 1. The molecule has 128 valence electrons. The van der Waals surface area contributed by atoms with Gasteiger partial charge in [0.1, 0.15) is 17.2 Å². The molecule has 1 aromatic heterocycles. The van der Waals surface area contributed by atoms with E-state index >= 15 is 0 Å². The third-order valence-corrected chi connectivity index (χ3v) is 3.76. The van der Waals surface area contributed by atoms with Gasteiger partial charge in [0, 0.05) is 30.2 Å². The number of nitrogens with zero attached hydrogens (tertiary/aromatic N) is 2. The second-order valence-electron chi connectivity index (χ2n) is 5.24. The van der Waals surface area contributed by atoms with Gasteiger partial charge in [-0.2, -0.15) is 5.26 Å². The first-order valence-corrected chi connectivity index (χ1v) is 7.84. The summed E-state index contributed by atoms with van der Waals surface area (Å²) in [6.07, 6.45) is 3.90. The molecule has 0 saturated carbocycles. The fourth-order valence-corrected chi connectivity index (χ4v) is 2.42. The van der Waals surface area contributed by atoms with Crippen molar-refractivity contribution in [3.8, 4) is 6.07 Å². The average Bonchev–Trinajstić information content (AvgIpc) is 2.59. The lowest BCUT2D eigenvalue weighted by atomic mass is 10.1. The zero-order valence-electron chi connectivity index (χ0n) is 14.0. The smallest absolute Gasteiger partial charge is 0.346 e. The molecule has 0 radical (unpaired) electrons. The van der Waals surface area contributed by atoms with Crippen LogP contribution in [0.3, 0.4) is 0 Å². The summed E-state index contributed by atoms with van der Waals surface area (Å²) in [6.45, 7) is 5.81. The van der Waals surface area contributed by atoms with Crippen molar-refractivity contribution in [1.29, 1.82) is 5.26 Å². The summed E-state index contributed by atoms with van der Waals surface area (Å²) in [5, 5.41) is 18.2. The van der Waals surface area contributed by atoms with Gasteiger partial charge in [0.2, 0.25) is 0 Å². The van der Waals surface area contributed by atoms with Crippen molar-refractivity contribution < 1.29 is 14.3 Å². The quantitative estimate of drug-likeness (QED) is 0.376. The molecule has 0 saturated heterocycles. The first-order chi connectivity index (χ1) is 12.0. The minimum Gasteiger partial charge on any atom is -0.477 e. The highest BCUT2D eigenvalue weighted by Crippen LogP contribution is 2.22. The molecule has 0 spiro atoms. The van der Waals surface area contributed by atoms with Crippen LogP contribution in [-0.4, -0.2) is 24.2 Å². The Hall–Kier alpha value is -3.33. The number of anilines is 1. The summed E-state index contributed by atoms with van der Waals surface area (Å²) in [5.41, 5.74) is 0.812. The minimum absolute atomic E-state index is 0.280. The number of fused-ring (bicyclic) bond motifs is 1. The van der Waals surface area contributed by atoms with Crippen LogP contribution < -0.4 is 10.5 Å². The predicted octanol–water partition coefficient (Wildman–Crippen LogP) is 3.19. The molecule has 2 aromatic rings. The number of benzene rings is 1. The zero-order chi connectivity index (χ0) is 18.4. The van der Waals surface area contributed by atoms with Crippen LogP contribution in [0.2, 0.25) is 0 Å². The third-order valence-electron chi connectivity index (χ3n) is 3.76. The highest BCUT2D eigenvalue weighted by Gasteiger charge is 2.07. The molecule has 25 heavy (non-hydrogen) atoms. The van der Waals surface area contributed by atoms with Crippen LogP contribution in [0, 0.1) is 11.3 Å². The van der Waals surface area contributed by atoms with E-state index in [9.17, 15) is 9.59 Å². The number of aliphatic carboxylic acids is 1. The molecule has 1 aromatic carbocycles. The molecule has 0 bridgehead atoms. The van der Waals surface area contributed by atoms with E-state index < -0.39 is 17.2 Å². The molecule has 0 aliphatic carbocycles. The molecule has 0 atom stereocenters. The van der Waals surface area contributed by atoms with E-state index in [1.54, 1.807) is 12.1 Å². The average molecular weight is 338 g/mol. The standard InChI is InChI=1S/C19H18N2O4/c1-3-21(4-2)16-9-8-13-10-14(19(24)25-17(13)11-16)6-5-7-15(12-20)18(22)23/h5-11H,3-4H2,1-2H3,(H,22,23). The number of carboxylic acids is 1. The van der Waals surface area contributed by atoms with Gasteiger partial charge in [-0.05, 0) is 44.2 Å². The van der Waals surface area contributed by atoms with Crippen LogP contribution in [0.25, 0.3) is 17.0 Å². The molecule has 6 nitrogen and oxygen atoms in total. The fraction of sp³-hybridized carbons (Fsp3) is 0.211. The Morgan fingerprint density at radius 2 is 2.04 bits per heavy atom. The van der Waals surface area contributed by atoms with Crippen molar-refractivity contribution in [1.82, 2.24) is 0 Å². The van der Waals surface area contributed by atoms with Crippen molar-refractivity contribution in [3.05, 3.63) is 58.0 Å². The van der Waals surface area contributed by atoms with E-state index in [1.165, 1.54) is 12.2 Å². The Kier molecular flexibility index (Phi) is 5.75. The molecule has 1 heterocycles. The Balaban J connectivity index is 2.40. The largest absolute Gasteiger partial charge is 0.477 e. The Bertz CT molecular complexity index is 944. The lowest BCUT2D eigenvalue weighted by Crippen LogP contribution is -2.21. The van der Waals surface area contributed by atoms with Crippen LogP contribution in [0.15, 0.2) is 51.2 Å². The lowest BCUT2D eigenvalue weighted by molar-refractivity contribution is -0.132. The number of carboxylic acid groups (broad SMARTS) is 1. The van der Waals surface area contributed by atoms with E-state index in [0.717, 1.165) is 30.2 Å². The van der Waals surface area contributed by atoms with Gasteiger partial charge < -0.3 is 14.4 Å². The van der Waals surface area contributed by atoms with Crippen LogP contribution in [-0.2, 0) is 4.79 Å². The summed E-state index contributed by atoms with van der Waals surface area (Å²) in [7, 11) is 0. The molecular formula is C19H18N2O4. The summed E-state index contributed by atoms with van der Waals surface area (Å²) < 4.78 is 5.37. The van der Waals surface area contributed by atoms with E-state index in [4.69, 9.17) is 14.8 Å². The Morgan fingerprint density at radius 1 is 1.32 bits per heavy atom. The molecule has 0 amide bonds. The molecule has 0 fully saturated rings. The van der Waals surface area contributed by atoms with Gasteiger partial charge in [0.25, 0.3) is 0 Å². The number of allylic oxidation sites excluding steroid dienone is 2. The lowest BCUT2D eigenvalue weighted by Gasteiger charge is -2.20. The zero-order valence-corrected chi connectivity index (χ0v) is 14.0. The van der Waals surface area contributed by atoms with Crippen LogP contribution >= 0.6 is 0 Å². The van der Waals surface area contributed by atoms with Crippen molar-refractivity contribution >= 4 is 28.7 Å². The van der Waals surface area contributed by atoms with Gasteiger partial charge in [0.15, 0.2) is 0 Å². The van der Waals surface area contributed by atoms with Gasteiger partial charge in [-0.1, -0.05) is 6.08 Å². The van der Waals surface area contributed by atoms with Gasteiger partial charge >= 0.3 is 11.6 Å². The molecule has 6 heteroatoms. The van der Waals surface area contributed by atoms with E-state index in [0.29, 0.717) is 5.58 Å². The van der Waals surface area contributed by atoms with Crippen molar-refractivity contribution in [3.63, 3.8) is 0 Å². The second-order valence-corrected chi connectivity index (χ2v) is 5.24. The summed E-state index contributed by atoms with van der Waals surface area (Å²) >= 11 is 0. The molecule has 2 rings (SSSR count). The topological polar surface area (TPSA) is 94.5 Å². The van der Waals surface area contributed by atoms with Crippen molar-refractivity contribution in [2.75, 3.05) is 18.0 Å². The Morgan fingerprint density at radius 3 is 2.64 bits per heavy atom. The maximum atomic E-state index is 12.1. The van der Waals surface area contributed by atoms with Crippen LogP contribution in [0.4, 0.5) is 5.69 Å². The van der Waals surface area contributed by atoms with Gasteiger partial charge in [0.05, 0.1) is 5.56 Å². The fourth-order valence-electron chi connectivity index (χ4n) is 2.42. The number of hydrogen-bond acceptors (Lipinski definition) is 5. The highest BCUT2D eigenvalue weighted by atomic mass is 16.4. The maximum absolute atomic E-state index is 12.1. The summed E-state index contributed by atoms with van der Waals surface area (Å²) in [4.78, 5) is 25.0. The first kappa shape index (κ1) is 18.0. The predicted molar refractivity (Wildman–Crippen MR) is 96.4 cm³/mol. The van der Waals surface area contributed by atoms with E-state index in [2.05, 4.69) is 18.7 Å². The normalized spacial score (nSPS) is 11.6. The van der Waals surface area contributed by atoms with Crippen LogP contribution in [0.5, 0.6) is 0 Å². The van der Waals surface area contributed by atoms with E-state index in [-0.39, 0.29) is 5.56 Å². The van der Waals surface area contributed by atoms with Crippen molar-refractivity contribution in [2.45, 2.75) is 13.8 Å². The molecule has 1 N–H and O–H groups in total. The Labute approximate surface area is 144 Å². The number of hydrogen-bond donors (Lipinski definition) is 1. The monoisotopic (exact) mass is 338 g/mol. The van der Waals surface area contributed by atoms with Crippen molar-refractivity contribution in [2.24, 2.45) is 0 Å². The molecular weight excluding hydrogens is 320 g/mol. The van der Waals surface area contributed by atoms with Crippen LogP contribution in [0.1, 0.15) is 19.4 Å². The van der Waals surface area contributed by atoms with E-state index in [1.807, 2.05) is 18.2 Å². The molecule has 0 unspecified atom stereocenters. The minimum atomic E-state index is -1.32. The first-order valence-electron chi connectivity index (χ1n) is 7.84. The highest BCUT2D eigenvalue weighted by molar-refractivity contribution is 5.91. The summed E-state index contributed by atoms with van der Waals surface area (Å²) in [5.74, 6) is -1.32. The molecule has 0 aliphatic heterocycles. The second kappa shape index (κ2) is 7.97. The third kappa shape index (κ3) is 4.15. The summed E-state index contributed by atoms with van der Waals surface area (Å²) in [6, 6.07) is 8.89. The number of rotatable bonds is 6. The van der Waals surface area contributed by atoms with Gasteiger partial charge in [-0.15, -0.1) is 0 Å². The molecule has 0 aliphatic rings. The van der Waals surface area contributed by atoms with Gasteiger partial charge in [-0.3, -0.25) is 0 Å². The number of carbonyl (C=O) groups is 1. The maximum Gasteiger partial charge on any atom is 0.346 e. The van der Waals surface area contributed by atoms with Gasteiger partial charge in [-0.25, -0.2) is 9.59 Å². The SMILES string of the molecule is CCN(CC)c1ccc2cc(C=CC=C(C#N)C(=O)O)c(=O)oc2c1.